The van der Waals surface area contributed by atoms with Gasteiger partial charge in [-0.3, -0.25) is 0 Å². The molecule has 14 nitrogen and oxygen atoms in total. The molecule has 1 unspecified atom stereocenters. The Morgan fingerprint density at radius 3 is 2.05 bits per heavy atom. The maximum atomic E-state index is 10.6. The third kappa shape index (κ3) is 5.66. The van der Waals surface area contributed by atoms with Gasteiger partial charge in [-0.05, 0) is 31.2 Å². The molecule has 2 saturated heterocycles. The Morgan fingerprint density at radius 1 is 0.756 bits per heavy atom. The lowest BCUT2D eigenvalue weighted by atomic mass is 9.98. The monoisotopic (exact) mass is 581 g/mol. The molecule has 3 heterocycles. The van der Waals surface area contributed by atoms with Crippen LogP contribution in [0.4, 0.5) is 0 Å². The summed E-state index contributed by atoms with van der Waals surface area (Å²) in [6.07, 6.45) is -14.1. The zero-order valence-electron chi connectivity index (χ0n) is 21.7. The first-order valence-corrected chi connectivity index (χ1v) is 12.9. The average molecular weight is 582 g/mol. The lowest BCUT2D eigenvalue weighted by molar-refractivity contribution is -0.287. The standard InChI is InChI=1S/C27H32O14/c1-10-19(31)21(33)23(35)26(37-10)40-17-8-14-15(38-25(17)11-2-4-12(29)5-3-11)6-13(30)7-16(14)39-27-24(36)22(34)20(32)18(9-28)41-27/h2-8,10,18-36H,9H2,1H3/p+1/t10-,18-,19-,20+,21+,22-,23-,24+,25?,26-,27+/m0/s1. The smallest absolute Gasteiger partial charge is 0.270 e. The van der Waals surface area contributed by atoms with Crippen LogP contribution in [0, 0.1) is 0 Å². The highest BCUT2D eigenvalue weighted by Gasteiger charge is 2.47. The van der Waals surface area contributed by atoms with Crippen LogP contribution in [-0.4, -0.2) is 119 Å². The quantitative estimate of drug-likeness (QED) is 0.176. The lowest BCUT2D eigenvalue weighted by Gasteiger charge is -2.40. The van der Waals surface area contributed by atoms with Crippen LogP contribution < -0.4 is 4.74 Å². The van der Waals surface area contributed by atoms with E-state index in [9.17, 15) is 46.0 Å². The Kier molecular flexibility index (Phi) is 8.29. The summed E-state index contributed by atoms with van der Waals surface area (Å²) in [7, 11) is 0. The topological polar surface area (TPSA) is 232 Å². The largest absolute Gasteiger partial charge is 0.571 e. The molecular weight excluding hydrogens is 548 g/mol. The fourth-order valence-electron chi connectivity index (χ4n) is 4.90. The van der Waals surface area contributed by atoms with E-state index in [2.05, 4.69) is 4.74 Å². The molecule has 0 amide bonds. The SMILES string of the molecule is C[C@@H]1O[C@@H](OC2=Cc3c(O[C@@H]4O[C@@H](CO)[C@@H](O)[C@H](O)[C@H]4O)cc(O)cc3[OH+]C2c2ccc(O)cc2)[C@@H](O)[C@H](O)[C@H]1O. The summed E-state index contributed by atoms with van der Waals surface area (Å²) in [5.74, 6) is -0.0453. The molecule has 0 spiro atoms. The van der Waals surface area contributed by atoms with Gasteiger partial charge >= 0.3 is 0 Å². The van der Waals surface area contributed by atoms with Crippen molar-refractivity contribution in [3.05, 3.63) is 53.3 Å². The average Bonchev–Trinajstić information content (AvgIpc) is 2.95. The summed E-state index contributed by atoms with van der Waals surface area (Å²) >= 11 is 0. The van der Waals surface area contributed by atoms with Crippen molar-refractivity contribution in [1.29, 1.82) is 0 Å². The number of aliphatic hydroxyl groups excluding tert-OH is 7. The van der Waals surface area contributed by atoms with Gasteiger partial charge in [0.2, 0.25) is 12.6 Å². The van der Waals surface area contributed by atoms with E-state index in [0.29, 0.717) is 5.56 Å². The number of aromatic hydroxyl groups is 3. The highest BCUT2D eigenvalue weighted by Crippen LogP contribution is 2.46. The number of fused-ring (bicyclic) bond motifs is 1. The van der Waals surface area contributed by atoms with E-state index in [1.54, 1.807) is 12.1 Å². The van der Waals surface area contributed by atoms with Crippen LogP contribution in [0.5, 0.6) is 23.0 Å². The van der Waals surface area contributed by atoms with E-state index in [-0.39, 0.29) is 34.3 Å². The van der Waals surface area contributed by atoms with Crippen molar-refractivity contribution < 1.29 is 69.6 Å². The minimum atomic E-state index is -1.73. The van der Waals surface area contributed by atoms with Crippen LogP contribution in [0.3, 0.4) is 0 Å². The summed E-state index contributed by atoms with van der Waals surface area (Å²) in [4.78, 5) is 0. The van der Waals surface area contributed by atoms with Gasteiger partial charge < -0.3 is 69.6 Å². The summed E-state index contributed by atoms with van der Waals surface area (Å²) in [6.45, 7) is 0.824. The van der Waals surface area contributed by atoms with Gasteiger partial charge in [-0.1, -0.05) is 0 Å². The van der Waals surface area contributed by atoms with Gasteiger partial charge in [-0.15, -0.1) is 0 Å². The highest BCUT2D eigenvalue weighted by molar-refractivity contribution is 5.69. The van der Waals surface area contributed by atoms with Gasteiger partial charge in [0.25, 0.3) is 11.9 Å². The predicted octanol–water partition coefficient (Wildman–Crippen LogP) is -1.54. The zero-order chi connectivity index (χ0) is 29.6. The number of phenolic OH excluding ortho intramolecular Hbond substituents is 2. The molecule has 0 radical (unpaired) electrons. The van der Waals surface area contributed by atoms with Crippen LogP contribution in [0.1, 0.15) is 24.2 Å². The second kappa shape index (κ2) is 11.6. The highest BCUT2D eigenvalue weighted by atomic mass is 16.7. The molecule has 0 aromatic heterocycles. The Labute approximate surface area is 233 Å². The number of hydrogen-bond acceptors (Lipinski definition) is 13. The third-order valence-corrected chi connectivity index (χ3v) is 7.29. The molecule has 0 aliphatic carbocycles. The maximum absolute atomic E-state index is 10.6. The van der Waals surface area contributed by atoms with E-state index in [0.717, 1.165) is 0 Å². The van der Waals surface area contributed by atoms with Gasteiger partial charge in [0.15, 0.2) is 5.76 Å². The molecule has 10 N–H and O–H groups in total. The second-order valence-corrected chi connectivity index (χ2v) is 10.2. The van der Waals surface area contributed by atoms with Gasteiger partial charge in [-0.2, -0.15) is 0 Å². The van der Waals surface area contributed by atoms with E-state index in [1.165, 1.54) is 37.3 Å². The van der Waals surface area contributed by atoms with Crippen LogP contribution in [-0.2, 0) is 14.2 Å². The van der Waals surface area contributed by atoms with Crippen molar-refractivity contribution in [2.75, 3.05) is 6.61 Å². The van der Waals surface area contributed by atoms with Crippen LogP contribution in [0.15, 0.2) is 42.2 Å². The van der Waals surface area contributed by atoms with Gasteiger partial charge in [0, 0.05) is 12.1 Å². The number of aliphatic hydroxyl groups is 8. The van der Waals surface area contributed by atoms with Crippen molar-refractivity contribution in [2.45, 2.75) is 74.4 Å². The molecule has 224 valence electrons. The molecule has 14 heteroatoms. The molecule has 2 aromatic carbocycles. The molecule has 11 atom stereocenters. The molecule has 3 aliphatic rings. The fraction of sp³-hybridized carbons (Fsp3) is 0.481. The number of ether oxygens (including phenoxy) is 5. The number of rotatable bonds is 6. The van der Waals surface area contributed by atoms with Crippen molar-refractivity contribution >= 4 is 6.08 Å². The predicted molar refractivity (Wildman–Crippen MR) is 136 cm³/mol. The molecular formula is C27H33O14+. The normalized spacial score (nSPS) is 37.0. The fourth-order valence-corrected chi connectivity index (χ4v) is 4.90. The molecule has 3 aliphatic heterocycles. The summed E-state index contributed by atoms with van der Waals surface area (Å²) in [5, 5.41) is 91.3. The summed E-state index contributed by atoms with van der Waals surface area (Å²) in [6, 6.07) is 8.56. The summed E-state index contributed by atoms with van der Waals surface area (Å²) < 4.78 is 27.5. The minimum Gasteiger partial charge on any atom is -0.571 e. The second-order valence-electron chi connectivity index (χ2n) is 10.2. The van der Waals surface area contributed by atoms with Crippen molar-refractivity contribution in [1.82, 2.24) is 0 Å². The molecule has 0 bridgehead atoms. The number of phenols is 2. The van der Waals surface area contributed by atoms with E-state index < -0.39 is 74.1 Å². The lowest BCUT2D eigenvalue weighted by Crippen LogP contribution is -2.60. The molecule has 2 fully saturated rings. The van der Waals surface area contributed by atoms with Gasteiger partial charge in [-0.25, -0.2) is 0 Å². The van der Waals surface area contributed by atoms with Crippen molar-refractivity contribution in [2.24, 2.45) is 0 Å². The number of hydrogen-bond donors (Lipinski definition) is 9. The van der Waals surface area contributed by atoms with Crippen LogP contribution >= 0.6 is 0 Å². The first-order valence-electron chi connectivity index (χ1n) is 12.9. The Bertz CT molecular complexity index is 1250. The van der Waals surface area contributed by atoms with Crippen LogP contribution in [0.2, 0.25) is 0 Å². The Morgan fingerprint density at radius 2 is 1.39 bits per heavy atom. The molecule has 5 rings (SSSR count). The number of benzene rings is 2. The summed E-state index contributed by atoms with van der Waals surface area (Å²) in [5.41, 5.74) is 0.766. The van der Waals surface area contributed by atoms with Crippen molar-refractivity contribution in [3.63, 3.8) is 0 Å². The molecule has 41 heavy (non-hydrogen) atoms. The van der Waals surface area contributed by atoms with E-state index >= 15 is 0 Å². The Balaban J connectivity index is 1.52. The molecule has 2 aromatic rings. The molecule has 0 saturated carbocycles. The van der Waals surface area contributed by atoms with Crippen LogP contribution in [0.25, 0.3) is 6.08 Å². The van der Waals surface area contributed by atoms with Gasteiger partial charge in [0.1, 0.15) is 65.5 Å². The first-order chi connectivity index (χ1) is 19.5. The van der Waals surface area contributed by atoms with E-state index in [4.69, 9.17) is 18.9 Å². The van der Waals surface area contributed by atoms with Gasteiger partial charge in [0.05, 0.1) is 24.3 Å². The first kappa shape index (κ1) is 29.3. The third-order valence-electron chi connectivity index (χ3n) is 7.29. The van der Waals surface area contributed by atoms with E-state index in [1.807, 2.05) is 0 Å². The Hall–Kier alpha value is -3.18. The maximum Gasteiger partial charge on any atom is 0.270 e. The minimum absolute atomic E-state index is 0.00115. The zero-order valence-corrected chi connectivity index (χ0v) is 21.7. The van der Waals surface area contributed by atoms with Crippen molar-refractivity contribution in [3.8, 4) is 23.0 Å².